The number of H-pyrrole nitrogens is 1. The molecular formula is C19H18N4O2S. The number of nitrogens with zero attached hydrogens (tertiary/aromatic N) is 2. The van der Waals surface area contributed by atoms with Crippen LogP contribution in [0.25, 0.3) is 11.3 Å². The average molecular weight is 366 g/mol. The van der Waals surface area contributed by atoms with Crippen LogP contribution in [-0.2, 0) is 4.79 Å². The lowest BCUT2D eigenvalue weighted by molar-refractivity contribution is -0.115. The molecule has 0 saturated heterocycles. The predicted octanol–water partition coefficient (Wildman–Crippen LogP) is 3.26. The zero-order chi connectivity index (χ0) is 18.5. The highest BCUT2D eigenvalue weighted by atomic mass is 32.2. The Morgan fingerprint density at radius 1 is 1.08 bits per heavy atom. The molecule has 2 N–H and O–H groups in total. The lowest BCUT2D eigenvalue weighted by Crippen LogP contribution is -2.23. The molecule has 0 radical (unpaired) electrons. The molecule has 0 aliphatic rings. The van der Waals surface area contributed by atoms with Gasteiger partial charge in [-0.05, 0) is 26.0 Å². The second-order valence-corrected chi connectivity index (χ2v) is 7.12. The van der Waals surface area contributed by atoms with E-state index in [9.17, 15) is 9.59 Å². The van der Waals surface area contributed by atoms with Crippen molar-refractivity contribution in [2.75, 3.05) is 5.32 Å². The Kier molecular flexibility index (Phi) is 5.48. The summed E-state index contributed by atoms with van der Waals surface area (Å²) in [5.74, 6) is -0.173. The maximum Gasteiger partial charge on any atom is 0.278 e. The highest BCUT2D eigenvalue weighted by Gasteiger charge is 2.17. The molecule has 0 aliphatic carbocycles. The van der Waals surface area contributed by atoms with Gasteiger partial charge in [0, 0.05) is 11.3 Å². The SMILES string of the molecule is Cc1ccc(NC(=O)C(C)Sc2nnc(-c3ccccc3)c(=O)[nH]2)cc1. The number of aromatic amines is 1. The van der Waals surface area contributed by atoms with Gasteiger partial charge in [0.2, 0.25) is 5.91 Å². The van der Waals surface area contributed by atoms with Crippen LogP contribution in [-0.4, -0.2) is 26.3 Å². The third-order valence-electron chi connectivity index (χ3n) is 3.70. The minimum absolute atomic E-state index is 0.173. The normalized spacial score (nSPS) is 11.8. The summed E-state index contributed by atoms with van der Waals surface area (Å²) in [6.45, 7) is 3.73. The molecule has 1 amide bonds. The molecule has 7 heteroatoms. The van der Waals surface area contributed by atoms with Crippen molar-refractivity contribution in [2.24, 2.45) is 0 Å². The number of anilines is 1. The number of benzene rings is 2. The predicted molar refractivity (Wildman–Crippen MR) is 103 cm³/mol. The van der Waals surface area contributed by atoms with E-state index in [1.807, 2.05) is 49.4 Å². The van der Waals surface area contributed by atoms with Crippen LogP contribution in [0.4, 0.5) is 5.69 Å². The van der Waals surface area contributed by atoms with E-state index in [0.717, 1.165) is 23.0 Å². The number of hydrogen-bond acceptors (Lipinski definition) is 5. The molecule has 26 heavy (non-hydrogen) atoms. The molecule has 1 heterocycles. The molecule has 132 valence electrons. The summed E-state index contributed by atoms with van der Waals surface area (Å²) in [5.41, 5.74) is 2.47. The largest absolute Gasteiger partial charge is 0.325 e. The maximum absolute atomic E-state index is 12.3. The molecule has 1 atom stereocenters. The zero-order valence-electron chi connectivity index (χ0n) is 14.4. The third kappa shape index (κ3) is 4.37. The van der Waals surface area contributed by atoms with Crippen LogP contribution in [0.1, 0.15) is 12.5 Å². The number of nitrogens with one attached hydrogen (secondary N) is 2. The molecule has 0 bridgehead atoms. The van der Waals surface area contributed by atoms with E-state index < -0.39 is 5.25 Å². The van der Waals surface area contributed by atoms with Crippen molar-refractivity contribution in [3.63, 3.8) is 0 Å². The maximum atomic E-state index is 12.3. The number of carbonyl (C=O) groups is 1. The first-order chi connectivity index (χ1) is 12.5. The van der Waals surface area contributed by atoms with Crippen molar-refractivity contribution in [1.82, 2.24) is 15.2 Å². The molecule has 1 aromatic heterocycles. The molecule has 6 nitrogen and oxygen atoms in total. The Labute approximate surface area is 155 Å². The Balaban J connectivity index is 1.68. The van der Waals surface area contributed by atoms with Crippen molar-refractivity contribution >= 4 is 23.4 Å². The van der Waals surface area contributed by atoms with Gasteiger partial charge in [-0.3, -0.25) is 14.6 Å². The number of amides is 1. The topological polar surface area (TPSA) is 87.7 Å². The van der Waals surface area contributed by atoms with E-state index in [0.29, 0.717) is 10.7 Å². The van der Waals surface area contributed by atoms with Crippen molar-refractivity contribution in [1.29, 1.82) is 0 Å². The first kappa shape index (κ1) is 17.9. The van der Waals surface area contributed by atoms with Gasteiger partial charge < -0.3 is 5.32 Å². The van der Waals surface area contributed by atoms with Gasteiger partial charge in [-0.25, -0.2) is 0 Å². The molecule has 0 fully saturated rings. The summed E-state index contributed by atoms with van der Waals surface area (Å²) < 4.78 is 0. The Hall–Kier alpha value is -2.93. The standard InChI is InChI=1S/C19H18N4O2S/c1-12-8-10-15(11-9-12)20-17(24)13(2)26-19-21-18(25)16(22-23-19)14-6-4-3-5-7-14/h3-11,13H,1-2H3,(H,20,24)(H,21,23,25). The van der Waals surface area contributed by atoms with Gasteiger partial charge >= 0.3 is 0 Å². The highest BCUT2D eigenvalue weighted by molar-refractivity contribution is 8.00. The van der Waals surface area contributed by atoms with Crippen molar-refractivity contribution in [3.05, 3.63) is 70.5 Å². The van der Waals surface area contributed by atoms with E-state index in [-0.39, 0.29) is 17.2 Å². The second-order valence-electron chi connectivity index (χ2n) is 5.79. The Morgan fingerprint density at radius 2 is 1.77 bits per heavy atom. The monoisotopic (exact) mass is 366 g/mol. The first-order valence-electron chi connectivity index (χ1n) is 8.09. The molecule has 0 aliphatic heterocycles. The third-order valence-corrected chi connectivity index (χ3v) is 4.67. The van der Waals surface area contributed by atoms with Crippen LogP contribution in [0, 0.1) is 6.92 Å². The van der Waals surface area contributed by atoms with Crippen LogP contribution >= 0.6 is 11.8 Å². The lowest BCUT2D eigenvalue weighted by atomic mass is 10.2. The van der Waals surface area contributed by atoms with Crippen LogP contribution in [0.3, 0.4) is 0 Å². The Bertz CT molecular complexity index is 955. The summed E-state index contributed by atoms with van der Waals surface area (Å²) >= 11 is 1.15. The summed E-state index contributed by atoms with van der Waals surface area (Å²) in [4.78, 5) is 27.2. The van der Waals surface area contributed by atoms with Crippen molar-refractivity contribution in [2.45, 2.75) is 24.3 Å². The van der Waals surface area contributed by atoms with Gasteiger partial charge in [0.1, 0.15) is 0 Å². The number of rotatable bonds is 5. The van der Waals surface area contributed by atoms with E-state index in [4.69, 9.17) is 0 Å². The van der Waals surface area contributed by atoms with Crippen LogP contribution in [0.2, 0.25) is 0 Å². The van der Waals surface area contributed by atoms with Crippen molar-refractivity contribution < 1.29 is 4.79 Å². The van der Waals surface area contributed by atoms with Crippen molar-refractivity contribution in [3.8, 4) is 11.3 Å². The number of aryl methyl sites for hydroxylation is 1. The van der Waals surface area contributed by atoms with Gasteiger partial charge in [0.25, 0.3) is 5.56 Å². The minimum atomic E-state index is -0.441. The molecule has 3 rings (SSSR count). The van der Waals surface area contributed by atoms with E-state index in [1.54, 1.807) is 19.1 Å². The first-order valence-corrected chi connectivity index (χ1v) is 8.97. The fraction of sp³-hybridized carbons (Fsp3) is 0.158. The lowest BCUT2D eigenvalue weighted by Gasteiger charge is -2.11. The molecule has 3 aromatic rings. The van der Waals surface area contributed by atoms with Crippen LogP contribution in [0.15, 0.2) is 64.5 Å². The molecule has 0 saturated carbocycles. The fourth-order valence-electron chi connectivity index (χ4n) is 2.26. The summed E-state index contributed by atoms with van der Waals surface area (Å²) in [5, 5.41) is 10.7. The Morgan fingerprint density at radius 3 is 2.42 bits per heavy atom. The summed E-state index contributed by atoms with van der Waals surface area (Å²) in [6.07, 6.45) is 0. The number of aromatic nitrogens is 3. The van der Waals surface area contributed by atoms with E-state index in [1.165, 1.54) is 0 Å². The zero-order valence-corrected chi connectivity index (χ0v) is 15.2. The van der Waals surface area contributed by atoms with Crippen LogP contribution < -0.4 is 10.9 Å². The quantitative estimate of drug-likeness (QED) is 0.677. The molecule has 1 unspecified atom stereocenters. The van der Waals surface area contributed by atoms with Gasteiger partial charge in [-0.15, -0.1) is 10.2 Å². The summed E-state index contributed by atoms with van der Waals surface area (Å²) in [6, 6.07) is 16.7. The van der Waals surface area contributed by atoms with Gasteiger partial charge in [0.15, 0.2) is 10.9 Å². The molecule has 2 aromatic carbocycles. The number of carbonyl (C=O) groups excluding carboxylic acids is 1. The van der Waals surface area contributed by atoms with E-state index in [2.05, 4.69) is 20.5 Å². The van der Waals surface area contributed by atoms with Gasteiger partial charge in [0.05, 0.1) is 5.25 Å². The summed E-state index contributed by atoms with van der Waals surface area (Å²) in [7, 11) is 0. The average Bonchev–Trinajstić information content (AvgIpc) is 2.64. The minimum Gasteiger partial charge on any atom is -0.325 e. The molecule has 0 spiro atoms. The van der Waals surface area contributed by atoms with E-state index >= 15 is 0 Å². The van der Waals surface area contributed by atoms with Gasteiger partial charge in [-0.2, -0.15) is 0 Å². The van der Waals surface area contributed by atoms with Crippen LogP contribution in [0.5, 0.6) is 0 Å². The smallest absolute Gasteiger partial charge is 0.278 e. The highest BCUT2D eigenvalue weighted by Crippen LogP contribution is 2.20. The number of hydrogen-bond donors (Lipinski definition) is 2. The fourth-order valence-corrected chi connectivity index (χ4v) is 3.00. The second kappa shape index (κ2) is 7.97. The molecular weight excluding hydrogens is 348 g/mol. The van der Waals surface area contributed by atoms with Gasteiger partial charge in [-0.1, -0.05) is 59.8 Å². The number of thioether (sulfide) groups is 1.